The van der Waals surface area contributed by atoms with E-state index in [1.165, 1.54) is 6.92 Å². The summed E-state index contributed by atoms with van der Waals surface area (Å²) in [5.41, 5.74) is 0. The van der Waals surface area contributed by atoms with Crippen LogP contribution >= 0.6 is 0 Å². The van der Waals surface area contributed by atoms with Crippen LogP contribution in [0.15, 0.2) is 12.2 Å². The molecule has 1 amide bonds. The Morgan fingerprint density at radius 1 is 1.64 bits per heavy atom. The van der Waals surface area contributed by atoms with Crippen LogP contribution in [0.25, 0.3) is 0 Å². The molecule has 4 nitrogen and oxygen atoms in total. The van der Waals surface area contributed by atoms with Gasteiger partial charge in [-0.1, -0.05) is 12.2 Å². The quantitative estimate of drug-likeness (QED) is 0.284. The summed E-state index contributed by atoms with van der Waals surface area (Å²) in [5.74, 6) is -1.58. The SMILES string of the molecule is CC=CC1NC(=O)C(C(C)=O)C1O.[H-].[Na+]. The first-order valence-corrected chi connectivity index (χ1v) is 4.19. The molecule has 0 aliphatic carbocycles. The molecule has 1 aliphatic rings. The van der Waals surface area contributed by atoms with Crippen molar-refractivity contribution < 1.29 is 45.7 Å². The van der Waals surface area contributed by atoms with Gasteiger partial charge in [0.15, 0.2) is 0 Å². The molecule has 5 heteroatoms. The number of carbonyl (C=O) groups is 2. The molecule has 0 spiro atoms. The van der Waals surface area contributed by atoms with E-state index in [1.54, 1.807) is 19.1 Å². The Balaban J connectivity index is 0. The topological polar surface area (TPSA) is 66.4 Å². The second-order valence-corrected chi connectivity index (χ2v) is 3.14. The third kappa shape index (κ3) is 2.67. The van der Waals surface area contributed by atoms with Crippen molar-refractivity contribution in [1.29, 1.82) is 0 Å². The van der Waals surface area contributed by atoms with Gasteiger partial charge in [0.05, 0.1) is 12.1 Å². The van der Waals surface area contributed by atoms with E-state index in [9.17, 15) is 14.7 Å². The zero-order valence-corrected chi connectivity index (χ0v) is 10.7. The number of amides is 1. The molecule has 0 radical (unpaired) electrons. The molecule has 0 aromatic carbocycles. The van der Waals surface area contributed by atoms with Crippen molar-refractivity contribution in [2.24, 2.45) is 5.92 Å². The molecule has 0 saturated carbocycles. The van der Waals surface area contributed by atoms with Crippen molar-refractivity contribution in [2.75, 3.05) is 0 Å². The molecule has 1 fully saturated rings. The Kier molecular flexibility index (Phi) is 5.59. The summed E-state index contributed by atoms with van der Waals surface area (Å²) >= 11 is 0. The van der Waals surface area contributed by atoms with E-state index in [0.29, 0.717) is 0 Å². The second kappa shape index (κ2) is 5.66. The third-order valence-electron chi connectivity index (χ3n) is 2.14. The summed E-state index contributed by atoms with van der Waals surface area (Å²) in [6.07, 6.45) is 2.48. The van der Waals surface area contributed by atoms with Gasteiger partial charge in [0, 0.05) is 0 Å². The number of carbonyl (C=O) groups excluding carboxylic acids is 2. The van der Waals surface area contributed by atoms with E-state index in [1.807, 2.05) is 0 Å². The van der Waals surface area contributed by atoms with Crippen molar-refractivity contribution >= 4 is 11.7 Å². The van der Waals surface area contributed by atoms with Crippen LogP contribution in [0, 0.1) is 5.92 Å². The number of nitrogens with one attached hydrogen (secondary N) is 1. The smallest absolute Gasteiger partial charge is 1.00 e. The first-order valence-electron chi connectivity index (χ1n) is 4.19. The number of aliphatic hydroxyl groups excluding tert-OH is 1. The van der Waals surface area contributed by atoms with Gasteiger partial charge in [0.25, 0.3) is 0 Å². The first kappa shape index (κ1) is 13.8. The number of hydrogen-bond donors (Lipinski definition) is 2. The van der Waals surface area contributed by atoms with Crippen LogP contribution in [-0.2, 0) is 9.59 Å². The molecule has 0 aromatic rings. The number of allylic oxidation sites excluding steroid dienone is 1. The number of Topliss-reactive ketones (excluding diaryl/α,β-unsaturated/α-hetero) is 1. The fourth-order valence-electron chi connectivity index (χ4n) is 1.50. The minimum absolute atomic E-state index is 0. The third-order valence-corrected chi connectivity index (χ3v) is 2.14. The average molecular weight is 207 g/mol. The maximum atomic E-state index is 11.2. The maximum absolute atomic E-state index is 11.2. The fraction of sp³-hybridized carbons (Fsp3) is 0.556. The summed E-state index contributed by atoms with van der Waals surface area (Å²) < 4.78 is 0. The van der Waals surface area contributed by atoms with Gasteiger partial charge >= 0.3 is 29.6 Å². The fourth-order valence-corrected chi connectivity index (χ4v) is 1.50. The van der Waals surface area contributed by atoms with E-state index in [2.05, 4.69) is 5.32 Å². The predicted molar refractivity (Wildman–Crippen MR) is 48.0 cm³/mol. The van der Waals surface area contributed by atoms with Gasteiger partial charge in [-0.05, 0) is 13.8 Å². The van der Waals surface area contributed by atoms with E-state index in [0.717, 1.165) is 0 Å². The molecule has 2 N–H and O–H groups in total. The van der Waals surface area contributed by atoms with E-state index in [4.69, 9.17) is 0 Å². The molecule has 3 atom stereocenters. The standard InChI is InChI=1S/C9H13NO3.Na.H/c1-3-4-6-8(12)7(5(2)11)9(13)10-6;;/h3-4,6-8,12H,1-2H3,(H,10,13);;/q;+1;-1. The monoisotopic (exact) mass is 207 g/mol. The van der Waals surface area contributed by atoms with Gasteiger partial charge in [-0.3, -0.25) is 9.59 Å². The van der Waals surface area contributed by atoms with Gasteiger partial charge in [-0.25, -0.2) is 0 Å². The largest absolute Gasteiger partial charge is 1.00 e. The summed E-state index contributed by atoms with van der Waals surface area (Å²) in [5, 5.41) is 12.1. The number of hydrogen-bond acceptors (Lipinski definition) is 3. The molecular weight excluding hydrogens is 193 g/mol. The molecule has 1 rings (SSSR count). The molecule has 74 valence electrons. The molecular formula is C9H14NNaO3. The molecule has 1 heterocycles. The molecule has 1 aliphatic heterocycles. The Hall–Kier alpha value is -0.160. The van der Waals surface area contributed by atoms with Crippen LogP contribution in [0.1, 0.15) is 15.3 Å². The molecule has 14 heavy (non-hydrogen) atoms. The Morgan fingerprint density at radius 2 is 2.21 bits per heavy atom. The Morgan fingerprint density at radius 3 is 2.57 bits per heavy atom. The van der Waals surface area contributed by atoms with Crippen molar-refractivity contribution in [3.8, 4) is 0 Å². The normalized spacial score (nSPS) is 31.4. The number of ketones is 1. The van der Waals surface area contributed by atoms with Crippen molar-refractivity contribution in [3.05, 3.63) is 12.2 Å². The van der Waals surface area contributed by atoms with Gasteiger partial charge in [0.1, 0.15) is 11.7 Å². The predicted octanol–water partition coefficient (Wildman–Crippen LogP) is -3.26. The summed E-state index contributed by atoms with van der Waals surface area (Å²) in [6, 6.07) is -0.425. The minimum atomic E-state index is -0.929. The van der Waals surface area contributed by atoms with E-state index >= 15 is 0 Å². The van der Waals surface area contributed by atoms with Gasteiger partial charge in [0.2, 0.25) is 5.91 Å². The maximum Gasteiger partial charge on any atom is 1.00 e. The zero-order valence-electron chi connectivity index (χ0n) is 9.65. The van der Waals surface area contributed by atoms with E-state index < -0.39 is 18.1 Å². The summed E-state index contributed by atoms with van der Waals surface area (Å²) in [7, 11) is 0. The van der Waals surface area contributed by atoms with Crippen molar-refractivity contribution in [2.45, 2.75) is 26.0 Å². The van der Waals surface area contributed by atoms with Crippen LogP contribution in [0.5, 0.6) is 0 Å². The summed E-state index contributed by atoms with van der Waals surface area (Å²) in [6.45, 7) is 3.10. The molecule has 0 bridgehead atoms. The van der Waals surface area contributed by atoms with Crippen molar-refractivity contribution in [3.63, 3.8) is 0 Å². The Labute approximate surface area is 107 Å². The minimum Gasteiger partial charge on any atom is -1.00 e. The zero-order chi connectivity index (χ0) is 10.0. The molecule has 0 aromatic heterocycles. The van der Waals surface area contributed by atoms with Crippen molar-refractivity contribution in [1.82, 2.24) is 5.32 Å². The van der Waals surface area contributed by atoms with Crippen LogP contribution in [0.4, 0.5) is 0 Å². The summed E-state index contributed by atoms with van der Waals surface area (Å²) in [4.78, 5) is 22.2. The van der Waals surface area contributed by atoms with Crippen LogP contribution in [0.2, 0.25) is 0 Å². The van der Waals surface area contributed by atoms with Crippen LogP contribution in [0.3, 0.4) is 0 Å². The van der Waals surface area contributed by atoms with Gasteiger partial charge in [-0.2, -0.15) is 0 Å². The average Bonchev–Trinajstić information content (AvgIpc) is 2.28. The van der Waals surface area contributed by atoms with Crippen LogP contribution in [-0.4, -0.2) is 28.9 Å². The van der Waals surface area contributed by atoms with E-state index in [-0.39, 0.29) is 42.7 Å². The number of rotatable bonds is 2. The first-order chi connectivity index (χ1) is 6.07. The number of aliphatic hydroxyl groups is 1. The molecule has 3 unspecified atom stereocenters. The molecule has 1 saturated heterocycles. The second-order valence-electron chi connectivity index (χ2n) is 3.14. The van der Waals surface area contributed by atoms with Gasteiger partial charge < -0.3 is 11.8 Å². The van der Waals surface area contributed by atoms with Crippen LogP contribution < -0.4 is 34.9 Å². The Bertz CT molecular complexity index is 270. The van der Waals surface area contributed by atoms with Gasteiger partial charge in [-0.15, -0.1) is 0 Å².